The first kappa shape index (κ1) is 15.6. The van der Waals surface area contributed by atoms with Crippen molar-refractivity contribution in [3.05, 3.63) is 0 Å². The molecule has 0 saturated carbocycles. The Bertz CT molecular complexity index is 358. The van der Waals surface area contributed by atoms with Crippen LogP contribution in [0.15, 0.2) is 0 Å². The van der Waals surface area contributed by atoms with Gasteiger partial charge < -0.3 is 15.1 Å². The molecular formula is C14H25N3O2S. The van der Waals surface area contributed by atoms with Crippen LogP contribution in [0.4, 0.5) is 0 Å². The summed E-state index contributed by atoms with van der Waals surface area (Å²) in [7, 11) is 1.87. The summed E-state index contributed by atoms with van der Waals surface area (Å²) >= 11 is 1.68. The summed E-state index contributed by atoms with van der Waals surface area (Å²) in [6, 6.07) is 0.0237. The SMILES string of the molecule is CCCCC(=O)N1CSCC1C(=O)N(C)C1CCNC1. The number of carbonyl (C=O) groups excluding carboxylic acids is 2. The molecule has 5 nitrogen and oxygen atoms in total. The first-order valence-corrected chi connectivity index (χ1v) is 8.65. The van der Waals surface area contributed by atoms with Crippen LogP contribution in [-0.2, 0) is 9.59 Å². The molecule has 2 heterocycles. The van der Waals surface area contributed by atoms with Crippen molar-refractivity contribution in [2.75, 3.05) is 31.8 Å². The Kier molecular flexibility index (Phi) is 5.72. The Morgan fingerprint density at radius 1 is 1.45 bits per heavy atom. The molecule has 0 radical (unpaired) electrons. The van der Waals surface area contributed by atoms with Gasteiger partial charge in [-0.25, -0.2) is 0 Å². The van der Waals surface area contributed by atoms with Gasteiger partial charge in [0.05, 0.1) is 5.88 Å². The van der Waals surface area contributed by atoms with Crippen LogP contribution in [0.2, 0.25) is 0 Å². The number of likely N-dealkylation sites (N-methyl/N-ethyl adjacent to an activating group) is 1. The van der Waals surface area contributed by atoms with E-state index in [1.807, 2.05) is 11.9 Å². The van der Waals surface area contributed by atoms with Crippen LogP contribution in [0.1, 0.15) is 32.6 Å². The lowest BCUT2D eigenvalue weighted by Gasteiger charge is -2.30. The second-order valence-electron chi connectivity index (χ2n) is 5.58. The van der Waals surface area contributed by atoms with Gasteiger partial charge in [-0.2, -0.15) is 0 Å². The number of hydrogen-bond donors (Lipinski definition) is 1. The Hall–Kier alpha value is -0.750. The number of thioether (sulfide) groups is 1. The van der Waals surface area contributed by atoms with E-state index < -0.39 is 0 Å². The van der Waals surface area contributed by atoms with Gasteiger partial charge in [-0.3, -0.25) is 9.59 Å². The average Bonchev–Trinajstić information content (AvgIpc) is 3.13. The number of carbonyl (C=O) groups is 2. The molecule has 0 aromatic carbocycles. The molecule has 0 bridgehead atoms. The predicted molar refractivity (Wildman–Crippen MR) is 81.5 cm³/mol. The summed E-state index contributed by atoms with van der Waals surface area (Å²) in [5.41, 5.74) is 0. The molecule has 0 spiro atoms. The second-order valence-corrected chi connectivity index (χ2v) is 6.58. The molecule has 114 valence electrons. The highest BCUT2D eigenvalue weighted by Crippen LogP contribution is 2.24. The van der Waals surface area contributed by atoms with Crippen molar-refractivity contribution in [1.82, 2.24) is 15.1 Å². The topological polar surface area (TPSA) is 52.7 Å². The molecule has 20 heavy (non-hydrogen) atoms. The Balaban J connectivity index is 1.95. The lowest BCUT2D eigenvalue weighted by molar-refractivity contribution is -0.143. The number of unbranched alkanes of at least 4 members (excludes halogenated alkanes) is 1. The van der Waals surface area contributed by atoms with Crippen molar-refractivity contribution in [3.63, 3.8) is 0 Å². The van der Waals surface area contributed by atoms with E-state index in [1.165, 1.54) is 0 Å². The van der Waals surface area contributed by atoms with E-state index in [0.29, 0.717) is 12.3 Å². The fourth-order valence-corrected chi connectivity index (χ4v) is 3.92. The number of hydrogen-bond acceptors (Lipinski definition) is 4. The maximum atomic E-state index is 12.6. The van der Waals surface area contributed by atoms with E-state index in [2.05, 4.69) is 12.2 Å². The van der Waals surface area contributed by atoms with Gasteiger partial charge >= 0.3 is 0 Å². The normalized spacial score (nSPS) is 26.0. The van der Waals surface area contributed by atoms with E-state index in [-0.39, 0.29) is 23.9 Å². The van der Waals surface area contributed by atoms with Gasteiger partial charge in [-0.15, -0.1) is 11.8 Å². The van der Waals surface area contributed by atoms with E-state index in [0.717, 1.165) is 38.1 Å². The first-order chi connectivity index (χ1) is 9.65. The monoisotopic (exact) mass is 299 g/mol. The van der Waals surface area contributed by atoms with Gasteiger partial charge in [-0.1, -0.05) is 13.3 Å². The highest BCUT2D eigenvalue weighted by atomic mass is 32.2. The summed E-state index contributed by atoms with van der Waals surface area (Å²) in [6.07, 6.45) is 3.49. The van der Waals surface area contributed by atoms with Crippen LogP contribution < -0.4 is 5.32 Å². The average molecular weight is 299 g/mol. The number of rotatable bonds is 5. The van der Waals surface area contributed by atoms with Crippen molar-refractivity contribution in [3.8, 4) is 0 Å². The van der Waals surface area contributed by atoms with E-state index in [1.54, 1.807) is 16.7 Å². The van der Waals surface area contributed by atoms with Crippen LogP contribution >= 0.6 is 11.8 Å². The molecule has 2 saturated heterocycles. The van der Waals surface area contributed by atoms with Crippen molar-refractivity contribution in [2.45, 2.75) is 44.7 Å². The van der Waals surface area contributed by atoms with Crippen molar-refractivity contribution in [1.29, 1.82) is 0 Å². The number of nitrogens with zero attached hydrogens (tertiary/aromatic N) is 2. The lowest BCUT2D eigenvalue weighted by atomic mass is 10.1. The maximum Gasteiger partial charge on any atom is 0.246 e. The number of amides is 2. The molecule has 2 atom stereocenters. The highest BCUT2D eigenvalue weighted by molar-refractivity contribution is 7.99. The minimum Gasteiger partial charge on any atom is -0.340 e. The van der Waals surface area contributed by atoms with E-state index >= 15 is 0 Å². The molecule has 2 fully saturated rings. The minimum atomic E-state index is -0.255. The van der Waals surface area contributed by atoms with Crippen molar-refractivity contribution in [2.24, 2.45) is 0 Å². The van der Waals surface area contributed by atoms with Gasteiger partial charge in [0, 0.05) is 31.8 Å². The predicted octanol–water partition coefficient (Wildman–Crippen LogP) is 0.898. The zero-order chi connectivity index (χ0) is 14.5. The quantitative estimate of drug-likeness (QED) is 0.819. The standard InChI is InChI=1S/C14H25N3O2S/c1-3-4-5-13(18)17-10-20-9-12(17)14(19)16(2)11-6-7-15-8-11/h11-12,15H,3-10H2,1-2H3. The molecule has 0 aromatic rings. The largest absolute Gasteiger partial charge is 0.340 e. The molecule has 2 aliphatic rings. The van der Waals surface area contributed by atoms with Crippen LogP contribution in [0.5, 0.6) is 0 Å². The molecule has 1 N–H and O–H groups in total. The molecule has 2 unspecified atom stereocenters. The summed E-state index contributed by atoms with van der Waals surface area (Å²) in [5.74, 6) is 1.64. The van der Waals surface area contributed by atoms with Crippen LogP contribution in [0, 0.1) is 0 Å². The van der Waals surface area contributed by atoms with E-state index in [4.69, 9.17) is 0 Å². The number of nitrogens with one attached hydrogen (secondary N) is 1. The zero-order valence-corrected chi connectivity index (χ0v) is 13.2. The molecule has 2 aliphatic heterocycles. The summed E-state index contributed by atoms with van der Waals surface area (Å²) < 4.78 is 0. The molecule has 2 amide bonds. The molecule has 0 aromatic heterocycles. The third kappa shape index (κ3) is 3.47. The third-order valence-electron chi connectivity index (χ3n) is 4.16. The Labute approximate surface area is 125 Å². The second kappa shape index (κ2) is 7.31. The highest BCUT2D eigenvalue weighted by Gasteiger charge is 2.37. The Morgan fingerprint density at radius 2 is 2.25 bits per heavy atom. The molecule has 2 rings (SSSR count). The zero-order valence-electron chi connectivity index (χ0n) is 12.4. The fourth-order valence-electron chi connectivity index (χ4n) is 2.75. The third-order valence-corrected chi connectivity index (χ3v) is 5.17. The van der Waals surface area contributed by atoms with E-state index in [9.17, 15) is 9.59 Å². The van der Waals surface area contributed by atoms with Crippen LogP contribution in [0.25, 0.3) is 0 Å². The van der Waals surface area contributed by atoms with Crippen molar-refractivity contribution < 1.29 is 9.59 Å². The van der Waals surface area contributed by atoms with Crippen LogP contribution in [-0.4, -0.2) is 65.5 Å². The lowest BCUT2D eigenvalue weighted by Crippen LogP contribution is -2.51. The van der Waals surface area contributed by atoms with Gasteiger partial charge in [0.1, 0.15) is 6.04 Å². The summed E-state index contributed by atoms with van der Waals surface area (Å²) in [5, 5.41) is 3.28. The fraction of sp³-hybridized carbons (Fsp3) is 0.857. The van der Waals surface area contributed by atoms with Crippen molar-refractivity contribution >= 4 is 23.6 Å². The first-order valence-electron chi connectivity index (χ1n) is 7.49. The minimum absolute atomic E-state index is 0.105. The van der Waals surface area contributed by atoms with Gasteiger partial charge in [0.15, 0.2) is 0 Å². The summed E-state index contributed by atoms with van der Waals surface area (Å²) in [4.78, 5) is 28.4. The van der Waals surface area contributed by atoms with Gasteiger partial charge in [0.2, 0.25) is 11.8 Å². The Morgan fingerprint density at radius 3 is 2.90 bits per heavy atom. The van der Waals surface area contributed by atoms with Gasteiger partial charge in [-0.05, 0) is 19.4 Å². The van der Waals surface area contributed by atoms with Crippen LogP contribution in [0.3, 0.4) is 0 Å². The molecule has 6 heteroatoms. The maximum absolute atomic E-state index is 12.6. The summed E-state index contributed by atoms with van der Waals surface area (Å²) in [6.45, 7) is 3.92. The molecular weight excluding hydrogens is 274 g/mol. The smallest absolute Gasteiger partial charge is 0.246 e. The molecule has 0 aliphatic carbocycles. The van der Waals surface area contributed by atoms with Gasteiger partial charge in [0.25, 0.3) is 0 Å².